The number of ether oxygens (including phenoxy) is 2. The van der Waals surface area contributed by atoms with E-state index in [0.717, 1.165) is 37.0 Å². The number of alkyl carbamates (subject to hydrolysis) is 1. The van der Waals surface area contributed by atoms with Gasteiger partial charge in [0.1, 0.15) is 11.4 Å². The highest BCUT2D eigenvalue weighted by atomic mass is 16.6. The Balaban J connectivity index is 1.61. The number of carbonyl (C=O) groups excluding carboxylic acids is 2. The average Bonchev–Trinajstić information content (AvgIpc) is 2.63. The van der Waals surface area contributed by atoms with Crippen molar-refractivity contribution in [2.75, 3.05) is 19.7 Å². The molecule has 6 nitrogen and oxygen atoms in total. The quantitative estimate of drug-likeness (QED) is 0.685. The van der Waals surface area contributed by atoms with E-state index in [1.807, 2.05) is 32.6 Å². The van der Waals surface area contributed by atoms with Crippen molar-refractivity contribution >= 4 is 12.0 Å². The van der Waals surface area contributed by atoms with E-state index in [-0.39, 0.29) is 18.0 Å². The number of likely N-dealkylation sites (tertiary alicyclic amines) is 1. The third kappa shape index (κ3) is 8.34. The zero-order valence-corrected chi connectivity index (χ0v) is 18.5. The lowest BCUT2D eigenvalue weighted by atomic mass is 10.0. The molecule has 0 radical (unpaired) electrons. The zero-order chi connectivity index (χ0) is 21.4. The van der Waals surface area contributed by atoms with Crippen LogP contribution in [0.2, 0.25) is 0 Å². The van der Waals surface area contributed by atoms with Crippen molar-refractivity contribution in [2.24, 2.45) is 0 Å². The molecule has 1 aliphatic heterocycles. The van der Waals surface area contributed by atoms with Gasteiger partial charge in [-0.25, -0.2) is 4.79 Å². The fraction of sp³-hybridized carbons (Fsp3) is 0.652. The SMILES string of the molecule is Cc1ccc(C)c(OCCCCC(=O)N2CCC(NC(=O)OC(C)(C)C)CC2)c1. The minimum atomic E-state index is -0.498. The van der Waals surface area contributed by atoms with Gasteiger partial charge < -0.3 is 19.7 Å². The molecule has 1 aromatic carbocycles. The molecule has 2 rings (SSSR count). The van der Waals surface area contributed by atoms with Crippen LogP contribution in [0.5, 0.6) is 5.75 Å². The summed E-state index contributed by atoms with van der Waals surface area (Å²) < 4.78 is 11.1. The van der Waals surface area contributed by atoms with Crippen LogP contribution in [0.1, 0.15) is 64.0 Å². The summed E-state index contributed by atoms with van der Waals surface area (Å²) in [6, 6.07) is 6.26. The lowest BCUT2D eigenvalue weighted by Gasteiger charge is -2.33. The summed E-state index contributed by atoms with van der Waals surface area (Å²) in [5, 5.41) is 2.90. The molecular formula is C23H36N2O4. The van der Waals surface area contributed by atoms with Gasteiger partial charge in [-0.1, -0.05) is 12.1 Å². The first-order valence-corrected chi connectivity index (χ1v) is 10.6. The Morgan fingerprint density at radius 1 is 1.14 bits per heavy atom. The predicted octanol–water partition coefficient (Wildman–Crippen LogP) is 4.37. The number of piperidine rings is 1. The second-order valence-electron chi connectivity index (χ2n) is 8.88. The molecule has 1 aliphatic rings. The van der Waals surface area contributed by atoms with E-state index in [9.17, 15) is 9.59 Å². The van der Waals surface area contributed by atoms with Crippen molar-refractivity contribution in [1.29, 1.82) is 0 Å². The molecule has 29 heavy (non-hydrogen) atoms. The molecule has 0 spiro atoms. The molecular weight excluding hydrogens is 368 g/mol. The number of unbranched alkanes of at least 4 members (excludes halogenated alkanes) is 1. The highest BCUT2D eigenvalue weighted by molar-refractivity contribution is 5.76. The molecule has 1 fully saturated rings. The summed E-state index contributed by atoms with van der Waals surface area (Å²) in [7, 11) is 0. The molecule has 1 aromatic rings. The topological polar surface area (TPSA) is 67.9 Å². The van der Waals surface area contributed by atoms with Crippen molar-refractivity contribution in [1.82, 2.24) is 10.2 Å². The Hall–Kier alpha value is -2.24. The van der Waals surface area contributed by atoms with Gasteiger partial charge in [-0.3, -0.25) is 4.79 Å². The molecule has 0 aromatic heterocycles. The summed E-state index contributed by atoms with van der Waals surface area (Å²) in [6.45, 7) is 11.6. The molecule has 1 saturated heterocycles. The van der Waals surface area contributed by atoms with Crippen molar-refractivity contribution in [3.05, 3.63) is 29.3 Å². The van der Waals surface area contributed by atoms with Gasteiger partial charge in [-0.05, 0) is 77.5 Å². The maximum absolute atomic E-state index is 12.4. The number of amides is 2. The number of nitrogens with zero attached hydrogens (tertiary/aromatic N) is 1. The van der Waals surface area contributed by atoms with Crippen LogP contribution in [0.3, 0.4) is 0 Å². The molecule has 6 heteroatoms. The molecule has 0 saturated carbocycles. The van der Waals surface area contributed by atoms with Crippen LogP contribution < -0.4 is 10.1 Å². The van der Waals surface area contributed by atoms with Crippen molar-refractivity contribution in [2.45, 2.75) is 78.4 Å². The van der Waals surface area contributed by atoms with Gasteiger partial charge in [0, 0.05) is 25.6 Å². The first-order valence-electron chi connectivity index (χ1n) is 10.6. The van der Waals surface area contributed by atoms with Gasteiger partial charge >= 0.3 is 6.09 Å². The van der Waals surface area contributed by atoms with Crippen LogP contribution in [-0.4, -0.2) is 48.2 Å². The Labute approximate surface area is 174 Å². The molecule has 162 valence electrons. The van der Waals surface area contributed by atoms with Gasteiger partial charge in [-0.2, -0.15) is 0 Å². The standard InChI is InChI=1S/C23H36N2O4/c1-17-9-10-18(2)20(16-17)28-15-7-6-8-21(26)25-13-11-19(12-14-25)24-22(27)29-23(3,4)5/h9-10,16,19H,6-8,11-15H2,1-5H3,(H,24,27). The first kappa shape index (κ1) is 23.0. The van der Waals surface area contributed by atoms with E-state index in [1.165, 1.54) is 5.56 Å². The Morgan fingerprint density at radius 2 is 1.83 bits per heavy atom. The maximum atomic E-state index is 12.4. The molecule has 0 bridgehead atoms. The number of rotatable bonds is 7. The Kier molecular flexibility index (Phi) is 8.35. The number of hydrogen-bond acceptors (Lipinski definition) is 4. The highest BCUT2D eigenvalue weighted by Crippen LogP contribution is 2.20. The van der Waals surface area contributed by atoms with Gasteiger partial charge in [0.05, 0.1) is 6.61 Å². The number of nitrogens with one attached hydrogen (secondary N) is 1. The monoisotopic (exact) mass is 404 g/mol. The van der Waals surface area contributed by atoms with Crippen LogP contribution in [0, 0.1) is 13.8 Å². The summed E-state index contributed by atoms with van der Waals surface area (Å²) in [5.41, 5.74) is 1.82. The van der Waals surface area contributed by atoms with Crippen molar-refractivity contribution in [3.63, 3.8) is 0 Å². The van der Waals surface area contributed by atoms with Crippen LogP contribution >= 0.6 is 0 Å². The number of carbonyl (C=O) groups is 2. The Morgan fingerprint density at radius 3 is 2.48 bits per heavy atom. The maximum Gasteiger partial charge on any atom is 0.407 e. The first-order chi connectivity index (χ1) is 13.6. The van der Waals surface area contributed by atoms with Gasteiger partial charge in [0.15, 0.2) is 0 Å². The third-order valence-electron chi connectivity index (χ3n) is 4.95. The largest absolute Gasteiger partial charge is 0.493 e. The normalized spacial score (nSPS) is 15.1. The van der Waals surface area contributed by atoms with Gasteiger partial charge in [0.2, 0.25) is 5.91 Å². The third-order valence-corrected chi connectivity index (χ3v) is 4.95. The predicted molar refractivity (Wildman–Crippen MR) is 114 cm³/mol. The lowest BCUT2D eigenvalue weighted by Crippen LogP contribution is -2.47. The number of aryl methyl sites for hydroxylation is 2. The molecule has 2 amide bonds. The Bertz CT molecular complexity index is 689. The van der Waals surface area contributed by atoms with Gasteiger partial charge in [0.25, 0.3) is 0 Å². The van der Waals surface area contributed by atoms with E-state index >= 15 is 0 Å². The minimum Gasteiger partial charge on any atom is -0.493 e. The summed E-state index contributed by atoms with van der Waals surface area (Å²) >= 11 is 0. The minimum absolute atomic E-state index is 0.0693. The van der Waals surface area contributed by atoms with E-state index < -0.39 is 5.60 Å². The van der Waals surface area contributed by atoms with Gasteiger partial charge in [-0.15, -0.1) is 0 Å². The summed E-state index contributed by atoms with van der Waals surface area (Å²) in [5.74, 6) is 1.11. The molecule has 1 N–H and O–H groups in total. The number of benzene rings is 1. The van der Waals surface area contributed by atoms with Crippen molar-refractivity contribution < 1.29 is 19.1 Å². The van der Waals surface area contributed by atoms with Crippen molar-refractivity contribution in [3.8, 4) is 5.75 Å². The average molecular weight is 405 g/mol. The second-order valence-corrected chi connectivity index (χ2v) is 8.88. The summed E-state index contributed by atoms with van der Waals surface area (Å²) in [6.07, 6.45) is 3.36. The highest BCUT2D eigenvalue weighted by Gasteiger charge is 2.25. The smallest absolute Gasteiger partial charge is 0.407 e. The fourth-order valence-electron chi connectivity index (χ4n) is 3.33. The van der Waals surface area contributed by atoms with E-state index in [0.29, 0.717) is 26.1 Å². The van der Waals surface area contributed by atoms with E-state index in [2.05, 4.69) is 30.4 Å². The van der Waals surface area contributed by atoms with Crippen LogP contribution in [0.4, 0.5) is 4.79 Å². The fourth-order valence-corrected chi connectivity index (χ4v) is 3.33. The van der Waals surface area contributed by atoms with Crippen LogP contribution in [0.15, 0.2) is 18.2 Å². The molecule has 0 aliphatic carbocycles. The van der Waals surface area contributed by atoms with Crippen LogP contribution in [-0.2, 0) is 9.53 Å². The van der Waals surface area contributed by atoms with E-state index in [1.54, 1.807) is 0 Å². The number of hydrogen-bond donors (Lipinski definition) is 1. The molecule has 0 unspecified atom stereocenters. The zero-order valence-electron chi connectivity index (χ0n) is 18.5. The molecule has 0 atom stereocenters. The summed E-state index contributed by atoms with van der Waals surface area (Å²) in [4.78, 5) is 26.2. The van der Waals surface area contributed by atoms with Crippen LogP contribution in [0.25, 0.3) is 0 Å². The lowest BCUT2D eigenvalue weighted by molar-refractivity contribution is -0.132. The van der Waals surface area contributed by atoms with E-state index in [4.69, 9.17) is 9.47 Å². The molecule has 1 heterocycles. The second kappa shape index (κ2) is 10.5.